The first-order chi connectivity index (χ1) is 10.7. The van der Waals surface area contributed by atoms with Gasteiger partial charge in [0.2, 0.25) is 0 Å². The summed E-state index contributed by atoms with van der Waals surface area (Å²) in [5.74, 6) is 0.680. The minimum atomic E-state index is 0.0830. The molecule has 1 aromatic rings. The van der Waals surface area contributed by atoms with E-state index in [0.29, 0.717) is 12.5 Å². The number of carbonyl (C=O) groups excluding carboxylic acids is 1. The van der Waals surface area contributed by atoms with E-state index in [1.165, 1.54) is 30.6 Å². The highest BCUT2D eigenvalue weighted by Gasteiger charge is 2.36. The summed E-state index contributed by atoms with van der Waals surface area (Å²) in [5, 5.41) is 9.68. The number of aliphatic hydroxyl groups excluding tert-OH is 1. The number of aromatic nitrogens is 1. The van der Waals surface area contributed by atoms with Crippen LogP contribution in [0.15, 0.2) is 5.51 Å². The first kappa shape index (κ1) is 15.9. The van der Waals surface area contributed by atoms with Crippen molar-refractivity contribution >= 4 is 17.2 Å². The summed E-state index contributed by atoms with van der Waals surface area (Å²) >= 11 is 1.41. The Kier molecular flexibility index (Phi) is 5.10. The van der Waals surface area contributed by atoms with Crippen molar-refractivity contribution in [1.29, 1.82) is 0 Å². The number of thiazole rings is 1. The summed E-state index contributed by atoms with van der Waals surface area (Å²) < 4.78 is 0. The number of piperidine rings is 1. The second kappa shape index (κ2) is 7.06. The Balaban J connectivity index is 1.63. The largest absolute Gasteiger partial charge is 0.396 e. The summed E-state index contributed by atoms with van der Waals surface area (Å²) in [6.45, 7) is 6.82. The van der Waals surface area contributed by atoms with E-state index in [4.69, 9.17) is 0 Å². The summed E-state index contributed by atoms with van der Waals surface area (Å²) in [6.07, 6.45) is 3.89. The second-order valence-electron chi connectivity index (χ2n) is 6.54. The van der Waals surface area contributed by atoms with Crippen LogP contribution in [-0.4, -0.2) is 65.1 Å². The molecule has 1 amide bonds. The van der Waals surface area contributed by atoms with Gasteiger partial charge in [-0.2, -0.15) is 0 Å². The third-order valence-corrected chi connectivity index (χ3v) is 5.90. The van der Waals surface area contributed by atoms with Gasteiger partial charge in [-0.05, 0) is 38.8 Å². The average Bonchev–Trinajstić information content (AvgIpc) is 3.14. The van der Waals surface area contributed by atoms with Crippen LogP contribution >= 0.6 is 11.3 Å². The first-order valence-electron chi connectivity index (χ1n) is 8.21. The highest BCUT2D eigenvalue weighted by molar-refractivity contribution is 7.11. The minimum Gasteiger partial charge on any atom is -0.396 e. The Hall–Kier alpha value is -0.980. The van der Waals surface area contributed by atoms with E-state index in [2.05, 4.69) is 9.88 Å². The van der Waals surface area contributed by atoms with Crippen LogP contribution in [0.3, 0.4) is 0 Å². The van der Waals surface area contributed by atoms with E-state index in [-0.39, 0.29) is 18.4 Å². The lowest BCUT2D eigenvalue weighted by molar-refractivity contribution is 0.0782. The Morgan fingerprint density at radius 2 is 2.05 bits per heavy atom. The van der Waals surface area contributed by atoms with E-state index in [1.54, 1.807) is 5.51 Å². The highest BCUT2D eigenvalue weighted by atomic mass is 32.1. The predicted molar refractivity (Wildman–Crippen MR) is 87.1 cm³/mol. The molecule has 2 fully saturated rings. The van der Waals surface area contributed by atoms with Gasteiger partial charge >= 0.3 is 0 Å². The van der Waals surface area contributed by atoms with Crippen LogP contribution in [0.5, 0.6) is 0 Å². The molecule has 0 unspecified atom stereocenters. The fraction of sp³-hybridized carbons (Fsp3) is 0.750. The molecule has 122 valence electrons. The van der Waals surface area contributed by atoms with Crippen LogP contribution in [0, 0.1) is 18.8 Å². The van der Waals surface area contributed by atoms with Gasteiger partial charge in [-0.25, -0.2) is 4.98 Å². The quantitative estimate of drug-likeness (QED) is 0.915. The average molecular weight is 323 g/mol. The molecule has 2 atom stereocenters. The van der Waals surface area contributed by atoms with Crippen LogP contribution < -0.4 is 0 Å². The third-order valence-electron chi connectivity index (χ3n) is 4.98. The van der Waals surface area contributed by atoms with E-state index in [1.807, 2.05) is 11.8 Å². The molecule has 5 nitrogen and oxygen atoms in total. The van der Waals surface area contributed by atoms with Crippen molar-refractivity contribution in [1.82, 2.24) is 14.8 Å². The number of rotatable bonds is 4. The molecule has 0 spiro atoms. The van der Waals surface area contributed by atoms with Gasteiger partial charge in [-0.15, -0.1) is 11.3 Å². The maximum Gasteiger partial charge on any atom is 0.265 e. The number of hydrogen-bond acceptors (Lipinski definition) is 5. The van der Waals surface area contributed by atoms with Crippen LogP contribution in [0.25, 0.3) is 0 Å². The molecule has 0 aromatic carbocycles. The van der Waals surface area contributed by atoms with Gasteiger partial charge in [0, 0.05) is 32.2 Å². The molecule has 3 rings (SSSR count). The smallest absolute Gasteiger partial charge is 0.265 e. The molecule has 0 saturated carbocycles. The summed E-state index contributed by atoms with van der Waals surface area (Å²) in [7, 11) is 0. The maximum atomic E-state index is 12.6. The molecule has 2 saturated heterocycles. The number of likely N-dealkylation sites (tertiary alicyclic amines) is 2. The van der Waals surface area contributed by atoms with Crippen molar-refractivity contribution in [2.75, 3.05) is 39.3 Å². The van der Waals surface area contributed by atoms with Gasteiger partial charge in [-0.1, -0.05) is 6.42 Å². The standard InChI is InChI=1S/C16H25N3O2S/c1-12-15(22-11-17-12)16(21)19-8-13(14(9-19)10-20)7-18-5-3-2-4-6-18/h11,13-14,20H,2-10H2,1H3/t13-,14-/m1/s1. The van der Waals surface area contributed by atoms with Gasteiger partial charge in [0.15, 0.2) is 0 Å². The molecule has 2 aliphatic rings. The zero-order valence-corrected chi connectivity index (χ0v) is 14.0. The van der Waals surface area contributed by atoms with Crippen LogP contribution in [0.2, 0.25) is 0 Å². The van der Waals surface area contributed by atoms with Crippen LogP contribution in [-0.2, 0) is 0 Å². The molecule has 0 bridgehead atoms. The number of amides is 1. The van der Waals surface area contributed by atoms with Gasteiger partial charge in [0.1, 0.15) is 4.88 Å². The molecule has 1 N–H and O–H groups in total. The van der Waals surface area contributed by atoms with E-state index < -0.39 is 0 Å². The Bertz CT molecular complexity index is 513. The van der Waals surface area contributed by atoms with E-state index in [9.17, 15) is 9.90 Å². The lowest BCUT2D eigenvalue weighted by Gasteiger charge is -2.30. The van der Waals surface area contributed by atoms with Crippen LogP contribution in [0.1, 0.15) is 34.6 Å². The van der Waals surface area contributed by atoms with Crippen molar-refractivity contribution in [3.63, 3.8) is 0 Å². The highest BCUT2D eigenvalue weighted by Crippen LogP contribution is 2.28. The number of carbonyl (C=O) groups is 1. The molecule has 2 aliphatic heterocycles. The second-order valence-corrected chi connectivity index (χ2v) is 7.40. The molecule has 0 aliphatic carbocycles. The van der Waals surface area contributed by atoms with Crippen molar-refractivity contribution in [3.8, 4) is 0 Å². The Morgan fingerprint density at radius 3 is 2.68 bits per heavy atom. The molecular weight excluding hydrogens is 298 g/mol. The van der Waals surface area contributed by atoms with Gasteiger partial charge in [-0.3, -0.25) is 4.79 Å². The maximum absolute atomic E-state index is 12.6. The SMILES string of the molecule is Cc1ncsc1C(=O)N1C[C@@H](CN2CCCCC2)[C@@H](CO)C1. The normalized spacial score (nSPS) is 26.5. The van der Waals surface area contributed by atoms with Gasteiger partial charge in [0.25, 0.3) is 5.91 Å². The third kappa shape index (κ3) is 3.34. The fourth-order valence-electron chi connectivity index (χ4n) is 3.64. The van der Waals surface area contributed by atoms with E-state index in [0.717, 1.165) is 36.8 Å². The lowest BCUT2D eigenvalue weighted by atomic mass is 9.95. The molecule has 3 heterocycles. The first-order valence-corrected chi connectivity index (χ1v) is 9.09. The zero-order valence-electron chi connectivity index (χ0n) is 13.2. The molecule has 1 aromatic heterocycles. The van der Waals surface area contributed by atoms with Crippen molar-refractivity contribution < 1.29 is 9.90 Å². The van der Waals surface area contributed by atoms with E-state index >= 15 is 0 Å². The van der Waals surface area contributed by atoms with Crippen LogP contribution in [0.4, 0.5) is 0 Å². The van der Waals surface area contributed by atoms with Gasteiger partial charge in [0.05, 0.1) is 11.2 Å². The van der Waals surface area contributed by atoms with Crippen molar-refractivity contribution in [2.24, 2.45) is 11.8 Å². The number of aryl methyl sites for hydroxylation is 1. The predicted octanol–water partition coefficient (Wildman–Crippen LogP) is 1.62. The molecule has 22 heavy (non-hydrogen) atoms. The Labute approximate surface area is 135 Å². The monoisotopic (exact) mass is 323 g/mol. The zero-order chi connectivity index (χ0) is 15.5. The summed E-state index contributed by atoms with van der Waals surface area (Å²) in [5.41, 5.74) is 2.54. The number of hydrogen-bond donors (Lipinski definition) is 1. The fourth-order valence-corrected chi connectivity index (χ4v) is 4.41. The minimum absolute atomic E-state index is 0.0830. The van der Waals surface area contributed by atoms with Gasteiger partial charge < -0.3 is 14.9 Å². The summed E-state index contributed by atoms with van der Waals surface area (Å²) in [4.78, 5) is 22.0. The molecule has 0 radical (unpaired) electrons. The number of nitrogens with zero attached hydrogens (tertiary/aromatic N) is 3. The summed E-state index contributed by atoms with van der Waals surface area (Å²) in [6, 6.07) is 0. The number of aliphatic hydroxyl groups is 1. The van der Waals surface area contributed by atoms with Crippen molar-refractivity contribution in [3.05, 3.63) is 16.1 Å². The van der Waals surface area contributed by atoms with Crippen molar-refractivity contribution in [2.45, 2.75) is 26.2 Å². The molecular formula is C16H25N3O2S. The Morgan fingerprint density at radius 1 is 1.32 bits per heavy atom. The molecule has 6 heteroatoms. The topological polar surface area (TPSA) is 56.7 Å². The lowest BCUT2D eigenvalue weighted by Crippen LogP contribution is -2.37.